The molecule has 7 heteroatoms. The van der Waals surface area contributed by atoms with Gasteiger partial charge in [-0.25, -0.2) is 14.8 Å². The molecule has 0 saturated carbocycles. The van der Waals surface area contributed by atoms with Crippen LogP contribution in [0.4, 0.5) is 16.2 Å². The Kier molecular flexibility index (Phi) is 9.54. The molecule has 0 spiro atoms. The Bertz CT molecular complexity index is 3150. The number of urea groups is 1. The van der Waals surface area contributed by atoms with Gasteiger partial charge in [0.25, 0.3) is 0 Å². The quantitative estimate of drug-likeness (QED) is 0.135. The molecule has 294 valence electrons. The second-order valence-electron chi connectivity index (χ2n) is 15.6. The minimum absolute atomic E-state index is 0.314. The normalized spacial score (nSPS) is 11.8. The lowest BCUT2D eigenvalue weighted by atomic mass is 10.0. The summed E-state index contributed by atoms with van der Waals surface area (Å²) in [4.78, 5) is 31.4. The highest BCUT2D eigenvalue weighted by molar-refractivity contribution is 6.02. The molecule has 5 heterocycles. The molecule has 4 N–H and O–H groups in total. The number of nitrogens with zero attached hydrogens (tertiary/aromatic N) is 2. The van der Waals surface area contributed by atoms with Crippen LogP contribution in [0.25, 0.3) is 90.9 Å². The number of rotatable bonds is 6. The molecule has 0 atom stereocenters. The van der Waals surface area contributed by atoms with Crippen LogP contribution in [0, 0.1) is 20.8 Å². The zero-order valence-corrected chi connectivity index (χ0v) is 34.0. The van der Waals surface area contributed by atoms with Gasteiger partial charge in [-0.05, 0) is 116 Å². The molecule has 2 aliphatic heterocycles. The Morgan fingerprint density at radius 1 is 0.377 bits per heavy atom. The molecule has 0 saturated heterocycles. The van der Waals surface area contributed by atoms with Gasteiger partial charge in [0, 0.05) is 55.7 Å². The molecule has 0 aliphatic carbocycles. The van der Waals surface area contributed by atoms with Gasteiger partial charge in [0.2, 0.25) is 0 Å². The second kappa shape index (κ2) is 15.6. The van der Waals surface area contributed by atoms with Gasteiger partial charge in [-0.3, -0.25) is 0 Å². The van der Waals surface area contributed by atoms with E-state index >= 15 is 0 Å². The maximum Gasteiger partial charge on any atom is 0.323 e. The van der Waals surface area contributed by atoms with Crippen LogP contribution >= 0.6 is 0 Å². The van der Waals surface area contributed by atoms with E-state index in [1.54, 1.807) is 0 Å². The van der Waals surface area contributed by atoms with Crippen LogP contribution in [0.5, 0.6) is 0 Å². The predicted octanol–water partition coefficient (Wildman–Crippen LogP) is 13.9. The summed E-state index contributed by atoms with van der Waals surface area (Å²) < 4.78 is 0. The Labute approximate surface area is 354 Å². The lowest BCUT2D eigenvalue weighted by Gasteiger charge is -2.09. The van der Waals surface area contributed by atoms with Crippen LogP contribution in [0.15, 0.2) is 152 Å². The van der Waals surface area contributed by atoms with Gasteiger partial charge in [-0.1, -0.05) is 120 Å². The zero-order chi connectivity index (χ0) is 41.5. The highest BCUT2D eigenvalue weighted by Crippen LogP contribution is 2.39. The van der Waals surface area contributed by atoms with Crippen molar-refractivity contribution >= 4 is 63.8 Å². The number of para-hydroxylation sites is 1. The van der Waals surface area contributed by atoms with Crippen molar-refractivity contribution in [2.24, 2.45) is 0 Å². The number of hydrogen-bond donors (Lipinski definition) is 4. The summed E-state index contributed by atoms with van der Waals surface area (Å²) in [6, 6.07) is 51.4. The fourth-order valence-electron chi connectivity index (χ4n) is 8.12. The lowest BCUT2D eigenvalue weighted by molar-refractivity contribution is 0.262. The number of H-pyrrole nitrogens is 2. The van der Waals surface area contributed by atoms with E-state index in [1.807, 2.05) is 54.6 Å². The Morgan fingerprint density at radius 2 is 0.672 bits per heavy atom. The molecule has 0 unspecified atom stereocenters. The average Bonchev–Trinajstić information content (AvgIpc) is 4.12. The number of aromatic nitrogens is 4. The summed E-state index contributed by atoms with van der Waals surface area (Å²) in [5.74, 6) is 0. The van der Waals surface area contributed by atoms with E-state index in [2.05, 4.69) is 163 Å². The molecule has 0 fully saturated rings. The van der Waals surface area contributed by atoms with E-state index in [4.69, 9.17) is 9.97 Å². The minimum atomic E-state index is -0.314. The van der Waals surface area contributed by atoms with E-state index in [9.17, 15) is 4.79 Å². The lowest BCUT2D eigenvalue weighted by Crippen LogP contribution is -2.19. The molecule has 3 aromatic heterocycles. The van der Waals surface area contributed by atoms with Crippen molar-refractivity contribution in [3.05, 3.63) is 191 Å². The SMILES string of the molecule is Cc1ccc(-c2c3nc(c(-c4ccc(C)cc4)c4ccc([nH]4)c(-c4ccc(NC(=O)Nc5ccccc5)cc4)c4nc(c(-c5ccc(C)cc5)c5ccc2[nH]5)C=C4)C=C3)cc1. The third-order valence-corrected chi connectivity index (χ3v) is 11.2. The first-order chi connectivity index (χ1) is 29.8. The number of fused-ring (bicyclic) bond motifs is 8. The maximum atomic E-state index is 12.9. The van der Waals surface area contributed by atoms with E-state index in [1.165, 1.54) is 16.7 Å². The molecule has 8 aromatic rings. The van der Waals surface area contributed by atoms with Crippen molar-refractivity contribution in [1.82, 2.24) is 19.9 Å². The first-order valence-corrected chi connectivity index (χ1v) is 20.4. The third-order valence-electron chi connectivity index (χ3n) is 11.2. The number of amides is 2. The van der Waals surface area contributed by atoms with Crippen molar-refractivity contribution < 1.29 is 4.79 Å². The first-order valence-electron chi connectivity index (χ1n) is 20.4. The number of aryl methyl sites for hydroxylation is 3. The second-order valence-corrected chi connectivity index (χ2v) is 15.6. The zero-order valence-electron chi connectivity index (χ0n) is 34.0. The van der Waals surface area contributed by atoms with Gasteiger partial charge in [0.05, 0.1) is 22.8 Å². The number of hydrogen-bond acceptors (Lipinski definition) is 3. The van der Waals surface area contributed by atoms with E-state index in [-0.39, 0.29) is 6.03 Å². The monoisotopic (exact) mass is 790 g/mol. The summed E-state index contributed by atoms with van der Waals surface area (Å²) in [6.45, 7) is 6.32. The predicted molar refractivity (Wildman–Crippen MR) is 254 cm³/mol. The van der Waals surface area contributed by atoms with Gasteiger partial charge >= 0.3 is 6.03 Å². The Balaban J connectivity index is 1.25. The molecule has 2 amide bonds. The topological polar surface area (TPSA) is 98.5 Å². The molecule has 2 aliphatic rings. The highest BCUT2D eigenvalue weighted by atomic mass is 16.2. The fraction of sp³-hybridized carbons (Fsp3) is 0.0556. The van der Waals surface area contributed by atoms with Crippen molar-refractivity contribution in [2.45, 2.75) is 20.8 Å². The number of aromatic amines is 2. The molecule has 0 radical (unpaired) electrons. The van der Waals surface area contributed by atoms with Gasteiger partial charge in [-0.15, -0.1) is 0 Å². The van der Waals surface area contributed by atoms with Crippen LogP contribution in [-0.4, -0.2) is 26.0 Å². The van der Waals surface area contributed by atoms with Crippen molar-refractivity contribution in [2.75, 3.05) is 10.6 Å². The van der Waals surface area contributed by atoms with Gasteiger partial charge in [0.1, 0.15) is 0 Å². The molecule has 10 rings (SSSR count). The number of carbonyl (C=O) groups is 1. The number of anilines is 2. The Hall–Kier alpha value is -8.03. The summed E-state index contributed by atoms with van der Waals surface area (Å²) in [6.07, 6.45) is 8.46. The van der Waals surface area contributed by atoms with Crippen molar-refractivity contribution in [3.8, 4) is 44.5 Å². The summed E-state index contributed by atoms with van der Waals surface area (Å²) in [7, 11) is 0. The Morgan fingerprint density at radius 3 is 1.00 bits per heavy atom. The summed E-state index contributed by atoms with van der Waals surface area (Å²) in [5.41, 5.74) is 20.2. The van der Waals surface area contributed by atoms with Crippen LogP contribution in [0.3, 0.4) is 0 Å². The van der Waals surface area contributed by atoms with Gasteiger partial charge in [-0.2, -0.15) is 0 Å². The summed E-state index contributed by atoms with van der Waals surface area (Å²) in [5, 5.41) is 5.87. The smallest absolute Gasteiger partial charge is 0.323 e. The molecule has 5 aromatic carbocycles. The van der Waals surface area contributed by atoms with Gasteiger partial charge in [0.15, 0.2) is 0 Å². The van der Waals surface area contributed by atoms with Crippen molar-refractivity contribution in [3.63, 3.8) is 0 Å². The van der Waals surface area contributed by atoms with E-state index in [0.29, 0.717) is 5.69 Å². The van der Waals surface area contributed by atoms with Crippen LogP contribution in [0.2, 0.25) is 0 Å². The molecule has 7 nitrogen and oxygen atoms in total. The standard InChI is InChI=1S/C54H42N6O/c1-33-9-15-36(16-10-33)50-42-25-27-44(57-42)51(37-17-11-34(2)12-18-37)46-29-31-48(59-46)53(39-21-23-41(24-22-39)56-54(61)55-40-7-5-4-6-8-40)49-32-30-47(60-49)52(45-28-26-43(50)58-45)38-19-13-35(3)14-20-38/h4-32,57,60H,1-3H3,(H2,55,56,61). The molecule has 61 heavy (non-hydrogen) atoms. The van der Waals surface area contributed by atoms with Crippen LogP contribution < -0.4 is 10.6 Å². The molecular formula is C54H42N6O. The van der Waals surface area contributed by atoms with E-state index < -0.39 is 0 Å². The third kappa shape index (κ3) is 7.45. The number of nitrogens with one attached hydrogen (secondary N) is 4. The number of carbonyl (C=O) groups excluding carboxylic acids is 1. The largest absolute Gasteiger partial charge is 0.354 e. The summed E-state index contributed by atoms with van der Waals surface area (Å²) >= 11 is 0. The fourth-order valence-corrected chi connectivity index (χ4v) is 8.12. The first kappa shape index (κ1) is 37.3. The minimum Gasteiger partial charge on any atom is -0.354 e. The van der Waals surface area contributed by atoms with Gasteiger partial charge < -0.3 is 20.6 Å². The molecule has 8 bridgehead atoms. The van der Waals surface area contributed by atoms with Crippen LogP contribution in [0.1, 0.15) is 39.5 Å². The maximum absolute atomic E-state index is 12.9. The van der Waals surface area contributed by atoms with Crippen LogP contribution in [-0.2, 0) is 0 Å². The number of benzene rings is 5. The molecular weight excluding hydrogens is 749 g/mol. The average molecular weight is 791 g/mol. The van der Waals surface area contributed by atoms with E-state index in [0.717, 1.165) is 95.0 Å². The highest BCUT2D eigenvalue weighted by Gasteiger charge is 2.19. The van der Waals surface area contributed by atoms with Crippen molar-refractivity contribution in [1.29, 1.82) is 0 Å².